The first-order valence-electron chi connectivity index (χ1n) is 8.15. The van der Waals surface area contributed by atoms with Crippen LogP contribution in [0, 0.1) is 0 Å². The van der Waals surface area contributed by atoms with Gasteiger partial charge in [-0.05, 0) is 42.5 Å². The van der Waals surface area contributed by atoms with E-state index in [-0.39, 0.29) is 23.6 Å². The molecule has 0 aliphatic rings. The van der Waals surface area contributed by atoms with Crippen LogP contribution in [0.2, 0.25) is 0 Å². The lowest BCUT2D eigenvalue weighted by Crippen LogP contribution is -2.19. The lowest BCUT2D eigenvalue weighted by atomic mass is 10.3. The van der Waals surface area contributed by atoms with E-state index in [0.717, 1.165) is 0 Å². The predicted octanol–water partition coefficient (Wildman–Crippen LogP) is 3.68. The van der Waals surface area contributed by atoms with Crippen molar-refractivity contribution in [3.8, 4) is 5.75 Å². The highest BCUT2D eigenvalue weighted by molar-refractivity contribution is 6.02. The summed E-state index contributed by atoms with van der Waals surface area (Å²) in [6.45, 7) is -1.21. The summed E-state index contributed by atoms with van der Waals surface area (Å²) in [6, 6.07) is 13.3. The van der Waals surface area contributed by atoms with Gasteiger partial charge in [0, 0.05) is 18.0 Å². The molecule has 2 aromatic heterocycles. The molecule has 0 atom stereocenters. The summed E-state index contributed by atoms with van der Waals surface area (Å²) in [6.07, 6.45) is -2.82. The quantitative estimate of drug-likeness (QED) is 0.695. The Morgan fingerprint density at radius 3 is 2.50 bits per heavy atom. The Balaban J connectivity index is 1.60. The standard InChI is InChI=1S/C19H15F3N2O4/c20-19(21,22)12-27-14-6-4-13(5-7-14)23-18(26)16-9-8-15(28-16)11-24-10-2-1-3-17(24)25/h1-10H,11-12H2,(H,23,26). The van der Waals surface area contributed by atoms with Crippen molar-refractivity contribution in [3.05, 3.63) is 82.7 Å². The number of carbonyl (C=O) groups is 1. The molecule has 1 amide bonds. The molecule has 0 aliphatic carbocycles. The van der Waals surface area contributed by atoms with Crippen LogP contribution in [-0.2, 0) is 6.54 Å². The zero-order valence-electron chi connectivity index (χ0n) is 14.4. The number of furan rings is 1. The van der Waals surface area contributed by atoms with Gasteiger partial charge in [0.25, 0.3) is 11.5 Å². The normalized spacial score (nSPS) is 11.2. The van der Waals surface area contributed by atoms with E-state index in [4.69, 9.17) is 4.42 Å². The second-order valence-corrected chi connectivity index (χ2v) is 5.82. The molecule has 1 aromatic carbocycles. The van der Waals surface area contributed by atoms with Crippen molar-refractivity contribution in [3.63, 3.8) is 0 Å². The SMILES string of the molecule is O=C(Nc1ccc(OCC(F)(F)F)cc1)c1ccc(Cn2ccccc2=O)o1. The largest absolute Gasteiger partial charge is 0.484 e. The van der Waals surface area contributed by atoms with Crippen LogP contribution in [0.5, 0.6) is 5.75 Å². The maximum absolute atomic E-state index is 12.2. The highest BCUT2D eigenvalue weighted by atomic mass is 19.4. The number of aromatic nitrogens is 1. The number of hydrogen-bond donors (Lipinski definition) is 1. The molecule has 0 unspecified atom stereocenters. The highest BCUT2D eigenvalue weighted by Gasteiger charge is 2.28. The van der Waals surface area contributed by atoms with E-state index in [1.54, 1.807) is 24.4 Å². The van der Waals surface area contributed by atoms with Crippen LogP contribution in [0.25, 0.3) is 0 Å². The number of rotatable bonds is 6. The number of anilines is 1. The van der Waals surface area contributed by atoms with E-state index >= 15 is 0 Å². The Morgan fingerprint density at radius 1 is 1.07 bits per heavy atom. The molecule has 0 spiro atoms. The number of ether oxygens (including phenoxy) is 1. The second kappa shape index (κ2) is 8.03. The fourth-order valence-corrected chi connectivity index (χ4v) is 2.34. The van der Waals surface area contributed by atoms with Gasteiger partial charge in [0.05, 0.1) is 6.54 Å². The number of hydrogen-bond acceptors (Lipinski definition) is 4. The lowest BCUT2D eigenvalue weighted by molar-refractivity contribution is -0.153. The first-order valence-corrected chi connectivity index (χ1v) is 8.15. The van der Waals surface area contributed by atoms with Gasteiger partial charge in [-0.2, -0.15) is 13.2 Å². The number of nitrogens with zero attached hydrogens (tertiary/aromatic N) is 1. The Morgan fingerprint density at radius 2 is 1.82 bits per heavy atom. The van der Waals surface area contributed by atoms with Crippen LogP contribution >= 0.6 is 0 Å². The Bertz CT molecular complexity index is 1010. The van der Waals surface area contributed by atoms with Crippen LogP contribution in [-0.4, -0.2) is 23.3 Å². The Kier molecular flexibility index (Phi) is 5.53. The molecule has 0 saturated heterocycles. The summed E-state index contributed by atoms with van der Waals surface area (Å²) < 4.78 is 47.9. The summed E-state index contributed by atoms with van der Waals surface area (Å²) in [5.74, 6) is -0.0368. The summed E-state index contributed by atoms with van der Waals surface area (Å²) in [5.41, 5.74) is 0.166. The third-order valence-electron chi connectivity index (χ3n) is 3.63. The van der Waals surface area contributed by atoms with E-state index in [1.807, 2.05) is 0 Å². The number of pyridine rings is 1. The van der Waals surface area contributed by atoms with Crippen molar-refractivity contribution in [2.45, 2.75) is 12.7 Å². The Hall–Kier alpha value is -3.49. The first-order chi connectivity index (χ1) is 13.3. The molecule has 0 radical (unpaired) electrons. The zero-order chi connectivity index (χ0) is 20.1. The van der Waals surface area contributed by atoms with Gasteiger partial charge in [-0.25, -0.2) is 0 Å². The summed E-state index contributed by atoms with van der Waals surface area (Å²) in [7, 11) is 0. The van der Waals surface area contributed by atoms with Gasteiger partial charge in [0.15, 0.2) is 12.4 Å². The predicted molar refractivity (Wildman–Crippen MR) is 94.5 cm³/mol. The van der Waals surface area contributed by atoms with Crippen molar-refractivity contribution in [2.24, 2.45) is 0 Å². The van der Waals surface area contributed by atoms with E-state index in [9.17, 15) is 22.8 Å². The number of alkyl halides is 3. The number of halogens is 3. The number of benzene rings is 1. The number of nitrogens with one attached hydrogen (secondary N) is 1. The van der Waals surface area contributed by atoms with Gasteiger partial charge < -0.3 is 19.0 Å². The number of carbonyl (C=O) groups excluding carboxylic acids is 1. The molecular formula is C19H15F3N2O4. The summed E-state index contributed by atoms with van der Waals surface area (Å²) in [4.78, 5) is 23.9. The van der Waals surface area contributed by atoms with Crippen LogP contribution in [0.3, 0.4) is 0 Å². The molecule has 0 aliphatic heterocycles. The van der Waals surface area contributed by atoms with E-state index in [0.29, 0.717) is 11.4 Å². The fraction of sp³-hybridized carbons (Fsp3) is 0.158. The molecular weight excluding hydrogens is 377 g/mol. The second-order valence-electron chi connectivity index (χ2n) is 5.82. The van der Waals surface area contributed by atoms with Gasteiger partial charge in [0.2, 0.25) is 0 Å². The monoisotopic (exact) mass is 392 g/mol. The van der Waals surface area contributed by atoms with Crippen LogP contribution in [0.15, 0.2) is 70.0 Å². The third kappa shape index (κ3) is 5.26. The lowest BCUT2D eigenvalue weighted by Gasteiger charge is -2.09. The molecule has 3 rings (SSSR count). The molecule has 6 nitrogen and oxygen atoms in total. The summed E-state index contributed by atoms with van der Waals surface area (Å²) >= 11 is 0. The van der Waals surface area contributed by atoms with Crippen molar-refractivity contribution in [1.29, 1.82) is 0 Å². The smallest absolute Gasteiger partial charge is 0.422 e. The van der Waals surface area contributed by atoms with Crippen molar-refractivity contribution in [1.82, 2.24) is 4.57 Å². The van der Waals surface area contributed by atoms with Crippen molar-refractivity contribution in [2.75, 3.05) is 11.9 Å². The van der Waals surface area contributed by atoms with E-state index < -0.39 is 18.7 Å². The van der Waals surface area contributed by atoms with Crippen LogP contribution < -0.4 is 15.6 Å². The molecule has 2 heterocycles. The number of amides is 1. The van der Waals surface area contributed by atoms with Gasteiger partial charge in [-0.15, -0.1) is 0 Å². The van der Waals surface area contributed by atoms with Crippen molar-refractivity contribution >= 4 is 11.6 Å². The van der Waals surface area contributed by atoms with E-state index in [1.165, 1.54) is 41.0 Å². The fourth-order valence-electron chi connectivity index (χ4n) is 2.34. The van der Waals surface area contributed by atoms with Gasteiger partial charge in [0.1, 0.15) is 11.5 Å². The minimum absolute atomic E-state index is 0.0314. The molecule has 28 heavy (non-hydrogen) atoms. The molecule has 0 saturated carbocycles. The molecule has 0 fully saturated rings. The first kappa shape index (κ1) is 19.3. The average molecular weight is 392 g/mol. The van der Waals surface area contributed by atoms with Gasteiger partial charge >= 0.3 is 6.18 Å². The zero-order valence-corrected chi connectivity index (χ0v) is 14.4. The van der Waals surface area contributed by atoms with Gasteiger partial charge in [-0.3, -0.25) is 9.59 Å². The molecule has 0 bridgehead atoms. The average Bonchev–Trinajstić information content (AvgIpc) is 3.11. The third-order valence-corrected chi connectivity index (χ3v) is 3.63. The molecule has 146 valence electrons. The van der Waals surface area contributed by atoms with Crippen molar-refractivity contribution < 1.29 is 27.1 Å². The molecule has 1 N–H and O–H groups in total. The summed E-state index contributed by atoms with van der Waals surface area (Å²) in [5, 5.41) is 2.57. The maximum atomic E-state index is 12.2. The van der Waals surface area contributed by atoms with Crippen LogP contribution in [0.4, 0.5) is 18.9 Å². The minimum atomic E-state index is -4.42. The Labute approximate surface area is 157 Å². The topological polar surface area (TPSA) is 73.5 Å². The van der Waals surface area contributed by atoms with Crippen LogP contribution in [0.1, 0.15) is 16.3 Å². The minimum Gasteiger partial charge on any atom is -0.484 e. The van der Waals surface area contributed by atoms with Gasteiger partial charge in [-0.1, -0.05) is 6.07 Å². The molecule has 3 aromatic rings. The van der Waals surface area contributed by atoms with E-state index in [2.05, 4.69) is 10.1 Å². The highest BCUT2D eigenvalue weighted by Crippen LogP contribution is 2.21. The maximum Gasteiger partial charge on any atom is 0.422 e. The molecule has 9 heteroatoms.